The highest BCUT2D eigenvalue weighted by molar-refractivity contribution is 5.70. The van der Waals surface area contributed by atoms with Crippen molar-refractivity contribution >= 4 is 11.9 Å². The van der Waals surface area contributed by atoms with Gasteiger partial charge in [0.15, 0.2) is 6.10 Å². The van der Waals surface area contributed by atoms with Gasteiger partial charge < -0.3 is 14.2 Å². The van der Waals surface area contributed by atoms with Crippen LogP contribution in [0.15, 0.2) is 24.3 Å². The molecule has 0 heterocycles. The van der Waals surface area contributed by atoms with Crippen LogP contribution < -0.4 is 0 Å². The Balaban J connectivity index is 4.19. The van der Waals surface area contributed by atoms with E-state index in [2.05, 4.69) is 45.1 Å². The number of carbonyl (C=O) groups excluding carboxylic acids is 2. The minimum Gasteiger partial charge on any atom is -0.462 e. The van der Waals surface area contributed by atoms with Crippen molar-refractivity contribution in [1.29, 1.82) is 0 Å². The molecule has 5 nitrogen and oxygen atoms in total. The standard InChI is InChI=1S/C51H96O5/c1-4-7-10-13-16-19-22-23-24-25-26-27-28-31-34-37-40-43-46-54-47-49(56-51(53)45-42-39-36-33-30-21-18-15-12-9-6-3)48-55-50(52)44-41-38-35-32-29-20-17-14-11-8-5-2/h16,19,23-24,49H,4-15,17-18,20-22,25-48H2,1-3H3/b19-16-,24-23-. The summed E-state index contributed by atoms with van der Waals surface area (Å²) in [5.41, 5.74) is 0. The second-order valence-corrected chi connectivity index (χ2v) is 16.7. The topological polar surface area (TPSA) is 61.8 Å². The maximum atomic E-state index is 12.7. The summed E-state index contributed by atoms with van der Waals surface area (Å²) >= 11 is 0. The summed E-state index contributed by atoms with van der Waals surface area (Å²) < 4.78 is 17.4. The second kappa shape index (κ2) is 47.8. The van der Waals surface area contributed by atoms with Crippen molar-refractivity contribution in [3.8, 4) is 0 Å². The van der Waals surface area contributed by atoms with Crippen molar-refractivity contribution in [2.24, 2.45) is 0 Å². The van der Waals surface area contributed by atoms with E-state index < -0.39 is 6.10 Å². The molecule has 0 amide bonds. The van der Waals surface area contributed by atoms with Gasteiger partial charge in [0, 0.05) is 19.4 Å². The van der Waals surface area contributed by atoms with Crippen molar-refractivity contribution in [3.63, 3.8) is 0 Å². The normalized spacial score (nSPS) is 12.3. The number of allylic oxidation sites excluding steroid dienone is 4. The minimum absolute atomic E-state index is 0.0901. The summed E-state index contributed by atoms with van der Waals surface area (Å²) in [7, 11) is 0. The predicted octanol–water partition coefficient (Wildman–Crippen LogP) is 16.5. The molecule has 0 aliphatic heterocycles. The Morgan fingerprint density at radius 1 is 0.393 bits per heavy atom. The SMILES string of the molecule is CCCCC/C=C\C/C=C\CCCCCCCCCCOCC(COC(=O)CCCCCCCCCCCCC)OC(=O)CCCCCCCCCCCCC. The lowest BCUT2D eigenvalue weighted by atomic mass is 10.1. The van der Waals surface area contributed by atoms with E-state index in [9.17, 15) is 9.59 Å². The molecular weight excluding hydrogens is 693 g/mol. The molecule has 1 atom stereocenters. The van der Waals surface area contributed by atoms with Crippen LogP contribution in [0.1, 0.15) is 265 Å². The van der Waals surface area contributed by atoms with Crippen LogP contribution in [-0.2, 0) is 23.8 Å². The molecular formula is C51H96O5. The van der Waals surface area contributed by atoms with Crippen LogP contribution in [-0.4, -0.2) is 37.9 Å². The number of hydrogen-bond donors (Lipinski definition) is 0. The fourth-order valence-corrected chi connectivity index (χ4v) is 7.25. The maximum Gasteiger partial charge on any atom is 0.306 e. The molecule has 0 fully saturated rings. The molecule has 0 aliphatic carbocycles. The molecule has 5 heteroatoms. The summed E-state index contributed by atoms with van der Waals surface area (Å²) in [6.07, 6.45) is 54.6. The van der Waals surface area contributed by atoms with Crippen molar-refractivity contribution in [2.45, 2.75) is 271 Å². The van der Waals surface area contributed by atoms with Crippen molar-refractivity contribution in [1.82, 2.24) is 0 Å². The summed E-state index contributed by atoms with van der Waals surface area (Å²) in [4.78, 5) is 25.3. The van der Waals surface area contributed by atoms with Gasteiger partial charge in [-0.25, -0.2) is 0 Å². The Bertz CT molecular complexity index is 851. The number of rotatable bonds is 46. The molecule has 0 aliphatic rings. The molecule has 0 radical (unpaired) electrons. The molecule has 1 unspecified atom stereocenters. The second-order valence-electron chi connectivity index (χ2n) is 16.7. The van der Waals surface area contributed by atoms with Crippen molar-refractivity contribution < 1.29 is 23.8 Å². The molecule has 0 aromatic heterocycles. The van der Waals surface area contributed by atoms with Gasteiger partial charge in [-0.1, -0.05) is 225 Å². The van der Waals surface area contributed by atoms with E-state index in [1.54, 1.807) is 0 Å². The van der Waals surface area contributed by atoms with E-state index in [1.807, 2.05) is 0 Å². The fraction of sp³-hybridized carbons (Fsp3) is 0.882. The summed E-state index contributed by atoms with van der Waals surface area (Å²) in [6.45, 7) is 7.82. The molecule has 0 rings (SSSR count). The highest BCUT2D eigenvalue weighted by Crippen LogP contribution is 2.15. The zero-order chi connectivity index (χ0) is 40.7. The predicted molar refractivity (Wildman–Crippen MR) is 242 cm³/mol. The average molecular weight is 789 g/mol. The highest BCUT2D eigenvalue weighted by Gasteiger charge is 2.17. The number of esters is 2. The third-order valence-corrected chi connectivity index (χ3v) is 11.0. The Labute approximate surface area is 349 Å². The molecule has 0 aromatic rings. The summed E-state index contributed by atoms with van der Waals surface area (Å²) in [6, 6.07) is 0. The van der Waals surface area contributed by atoms with E-state index in [4.69, 9.17) is 14.2 Å². The number of ether oxygens (including phenoxy) is 3. The number of unbranched alkanes of at least 4 members (excludes halogenated alkanes) is 31. The lowest BCUT2D eigenvalue weighted by Gasteiger charge is -2.18. The first kappa shape index (κ1) is 54.4. The fourth-order valence-electron chi connectivity index (χ4n) is 7.25. The molecule has 0 saturated carbocycles. The third kappa shape index (κ3) is 45.1. The van der Waals surface area contributed by atoms with Crippen LogP contribution in [0.25, 0.3) is 0 Å². The molecule has 0 spiro atoms. The maximum absolute atomic E-state index is 12.7. The van der Waals surface area contributed by atoms with E-state index >= 15 is 0 Å². The molecule has 0 aromatic carbocycles. The Morgan fingerprint density at radius 2 is 0.750 bits per heavy atom. The van der Waals surface area contributed by atoms with Gasteiger partial charge in [-0.3, -0.25) is 9.59 Å². The first-order valence-electron chi connectivity index (χ1n) is 24.9. The van der Waals surface area contributed by atoms with E-state index in [1.165, 1.54) is 186 Å². The largest absolute Gasteiger partial charge is 0.462 e. The minimum atomic E-state index is -0.529. The van der Waals surface area contributed by atoms with Crippen LogP contribution in [0, 0.1) is 0 Å². The number of hydrogen-bond acceptors (Lipinski definition) is 5. The summed E-state index contributed by atoms with van der Waals surface area (Å²) in [5.74, 6) is -0.387. The molecule has 56 heavy (non-hydrogen) atoms. The first-order chi connectivity index (χ1) is 27.6. The highest BCUT2D eigenvalue weighted by atomic mass is 16.6. The van der Waals surface area contributed by atoms with E-state index in [0.717, 1.165) is 44.9 Å². The smallest absolute Gasteiger partial charge is 0.306 e. The van der Waals surface area contributed by atoms with Gasteiger partial charge in [0.2, 0.25) is 0 Å². The van der Waals surface area contributed by atoms with Gasteiger partial charge in [-0.15, -0.1) is 0 Å². The van der Waals surface area contributed by atoms with Gasteiger partial charge in [0.05, 0.1) is 6.61 Å². The van der Waals surface area contributed by atoms with Crippen LogP contribution in [0.2, 0.25) is 0 Å². The first-order valence-corrected chi connectivity index (χ1v) is 24.9. The van der Waals surface area contributed by atoms with Crippen LogP contribution in [0.5, 0.6) is 0 Å². The zero-order valence-corrected chi connectivity index (χ0v) is 37.9. The monoisotopic (exact) mass is 789 g/mol. The Morgan fingerprint density at radius 3 is 1.21 bits per heavy atom. The zero-order valence-electron chi connectivity index (χ0n) is 37.9. The van der Waals surface area contributed by atoms with Crippen molar-refractivity contribution in [2.75, 3.05) is 19.8 Å². The molecule has 0 N–H and O–H groups in total. The lowest BCUT2D eigenvalue weighted by molar-refractivity contribution is -0.163. The van der Waals surface area contributed by atoms with Crippen LogP contribution in [0.3, 0.4) is 0 Å². The van der Waals surface area contributed by atoms with Crippen molar-refractivity contribution in [3.05, 3.63) is 24.3 Å². The summed E-state index contributed by atoms with van der Waals surface area (Å²) in [5, 5.41) is 0. The van der Waals surface area contributed by atoms with Crippen LogP contribution >= 0.6 is 0 Å². The van der Waals surface area contributed by atoms with Crippen LogP contribution in [0.4, 0.5) is 0 Å². The van der Waals surface area contributed by atoms with E-state index in [-0.39, 0.29) is 18.5 Å². The Hall–Kier alpha value is -1.62. The van der Waals surface area contributed by atoms with E-state index in [0.29, 0.717) is 26.1 Å². The average Bonchev–Trinajstić information content (AvgIpc) is 3.20. The third-order valence-electron chi connectivity index (χ3n) is 11.0. The number of carbonyl (C=O) groups is 2. The molecule has 0 bridgehead atoms. The lowest BCUT2D eigenvalue weighted by Crippen LogP contribution is -2.30. The van der Waals surface area contributed by atoms with Gasteiger partial charge in [-0.2, -0.15) is 0 Å². The Kier molecular flexibility index (Phi) is 46.4. The van der Waals surface area contributed by atoms with Gasteiger partial charge in [0.1, 0.15) is 6.61 Å². The van der Waals surface area contributed by atoms with Gasteiger partial charge >= 0.3 is 11.9 Å². The quantitative estimate of drug-likeness (QED) is 0.0349. The van der Waals surface area contributed by atoms with Gasteiger partial charge in [-0.05, 0) is 51.4 Å². The molecule has 330 valence electrons. The molecule has 0 saturated heterocycles. The van der Waals surface area contributed by atoms with Gasteiger partial charge in [0.25, 0.3) is 0 Å².